The molecular formula is C23H38N4O5S. The molecule has 0 spiro atoms. The number of hydrogen-bond donors (Lipinski definition) is 2. The molecule has 1 saturated carbocycles. The molecule has 0 saturated heterocycles. The van der Waals surface area contributed by atoms with Gasteiger partial charge in [-0.3, -0.25) is 14.9 Å². The highest BCUT2D eigenvalue weighted by Crippen LogP contribution is 2.31. The summed E-state index contributed by atoms with van der Waals surface area (Å²) in [4.78, 5) is 39.0. The number of aromatic nitrogens is 2. The Morgan fingerprint density at radius 3 is 2.27 bits per heavy atom. The van der Waals surface area contributed by atoms with Crippen LogP contribution in [0.15, 0.2) is 9.64 Å². The number of alkyl carbamates (subject to hydrolysis) is 1. The van der Waals surface area contributed by atoms with Gasteiger partial charge in [0.05, 0.1) is 0 Å². The van der Waals surface area contributed by atoms with Gasteiger partial charge in [-0.05, 0) is 46.0 Å². The molecule has 0 radical (unpaired) electrons. The molecule has 1 heterocycles. The van der Waals surface area contributed by atoms with Gasteiger partial charge in [0.25, 0.3) is 11.1 Å². The number of nitrogens with one attached hydrogen (secondary N) is 2. The lowest BCUT2D eigenvalue weighted by Crippen LogP contribution is -2.61. The van der Waals surface area contributed by atoms with E-state index in [1.165, 1.54) is 11.8 Å². The number of carbonyl (C=O) groups excluding carboxylic acids is 3. The average Bonchev–Trinajstić information content (AvgIpc) is 3.12. The minimum absolute atomic E-state index is 0.160. The third kappa shape index (κ3) is 8.32. The number of carbonyl (C=O) groups is 3. The van der Waals surface area contributed by atoms with Crippen LogP contribution in [0.4, 0.5) is 4.79 Å². The van der Waals surface area contributed by atoms with Gasteiger partial charge in [0, 0.05) is 5.25 Å². The highest BCUT2D eigenvalue weighted by molar-refractivity contribution is 7.99. The second kappa shape index (κ2) is 11.4. The Kier molecular flexibility index (Phi) is 9.34. The standard InChI is InChI=1S/C23H38N4O5S/c1-14(2)13-16(18-26-27-21(31-18)33-15(3)4)17(28)24-19(29)23(11-9-8-10-12-23)25-20(30)32-22(5,6)7/h14-16H,8-13H2,1-7H3,(H,25,30)(H,24,28,29)/t16-/m1/s1. The van der Waals surface area contributed by atoms with E-state index in [9.17, 15) is 14.4 Å². The van der Waals surface area contributed by atoms with Gasteiger partial charge in [-0.15, -0.1) is 10.2 Å². The molecule has 0 aliphatic heterocycles. The van der Waals surface area contributed by atoms with E-state index in [0.29, 0.717) is 24.5 Å². The van der Waals surface area contributed by atoms with E-state index in [4.69, 9.17) is 9.15 Å². The Balaban J connectivity index is 2.20. The van der Waals surface area contributed by atoms with E-state index >= 15 is 0 Å². The van der Waals surface area contributed by atoms with E-state index in [1.54, 1.807) is 20.8 Å². The fraction of sp³-hybridized carbons (Fsp3) is 0.783. The van der Waals surface area contributed by atoms with Crippen molar-refractivity contribution in [2.45, 2.75) is 115 Å². The zero-order valence-corrected chi connectivity index (χ0v) is 21.6. The Morgan fingerprint density at radius 1 is 1.09 bits per heavy atom. The summed E-state index contributed by atoms with van der Waals surface area (Å²) in [5.41, 5.74) is -1.88. The highest BCUT2D eigenvalue weighted by Gasteiger charge is 2.43. The summed E-state index contributed by atoms with van der Waals surface area (Å²) in [7, 11) is 0. The summed E-state index contributed by atoms with van der Waals surface area (Å²) in [5.74, 6) is -1.44. The largest absolute Gasteiger partial charge is 0.444 e. The molecule has 2 N–H and O–H groups in total. The van der Waals surface area contributed by atoms with Crippen LogP contribution in [0, 0.1) is 5.92 Å². The predicted octanol–water partition coefficient (Wildman–Crippen LogP) is 4.57. The first-order chi connectivity index (χ1) is 15.3. The minimum Gasteiger partial charge on any atom is -0.444 e. The van der Waals surface area contributed by atoms with Crippen LogP contribution in [0.5, 0.6) is 0 Å². The van der Waals surface area contributed by atoms with Crippen molar-refractivity contribution in [2.75, 3.05) is 0 Å². The fourth-order valence-electron chi connectivity index (χ4n) is 3.78. The molecule has 1 aromatic heterocycles. The van der Waals surface area contributed by atoms with Crippen molar-refractivity contribution in [3.8, 4) is 0 Å². The highest BCUT2D eigenvalue weighted by atomic mass is 32.2. The van der Waals surface area contributed by atoms with Crippen LogP contribution in [0.2, 0.25) is 0 Å². The maximum Gasteiger partial charge on any atom is 0.408 e. The summed E-state index contributed by atoms with van der Waals surface area (Å²) >= 11 is 1.41. The summed E-state index contributed by atoms with van der Waals surface area (Å²) in [6, 6.07) is 0. The number of ether oxygens (including phenoxy) is 1. The summed E-state index contributed by atoms with van der Waals surface area (Å²) in [6.45, 7) is 13.3. The molecule has 1 aliphatic rings. The quantitative estimate of drug-likeness (QED) is 0.517. The molecule has 0 unspecified atom stereocenters. The van der Waals surface area contributed by atoms with Gasteiger partial charge >= 0.3 is 6.09 Å². The van der Waals surface area contributed by atoms with Gasteiger partial charge in [-0.1, -0.05) is 58.7 Å². The Morgan fingerprint density at radius 2 is 1.73 bits per heavy atom. The number of amides is 3. The molecule has 9 nitrogen and oxygen atoms in total. The third-order valence-corrected chi connectivity index (χ3v) is 6.04. The second-order valence-electron chi connectivity index (χ2n) is 10.3. The van der Waals surface area contributed by atoms with Crippen LogP contribution in [-0.4, -0.2) is 44.5 Å². The lowest BCUT2D eigenvalue weighted by atomic mass is 9.80. The van der Waals surface area contributed by atoms with Crippen molar-refractivity contribution >= 4 is 29.7 Å². The molecule has 2 rings (SSSR count). The zero-order valence-electron chi connectivity index (χ0n) is 20.8. The van der Waals surface area contributed by atoms with Crippen LogP contribution in [0.25, 0.3) is 0 Å². The molecule has 186 valence electrons. The van der Waals surface area contributed by atoms with Crippen LogP contribution >= 0.6 is 11.8 Å². The van der Waals surface area contributed by atoms with Gasteiger partial charge in [-0.2, -0.15) is 0 Å². The summed E-state index contributed by atoms with van der Waals surface area (Å²) in [6.07, 6.45) is 3.16. The molecule has 1 aliphatic carbocycles. The molecule has 0 aromatic carbocycles. The van der Waals surface area contributed by atoms with Crippen molar-refractivity contribution in [2.24, 2.45) is 5.92 Å². The Hall–Kier alpha value is -2.10. The first-order valence-electron chi connectivity index (χ1n) is 11.7. The van der Waals surface area contributed by atoms with Gasteiger partial charge in [0.2, 0.25) is 11.8 Å². The zero-order chi connectivity index (χ0) is 24.8. The van der Waals surface area contributed by atoms with Crippen molar-refractivity contribution in [1.82, 2.24) is 20.8 Å². The molecular weight excluding hydrogens is 444 g/mol. The van der Waals surface area contributed by atoms with Gasteiger partial charge in [-0.25, -0.2) is 4.79 Å². The van der Waals surface area contributed by atoms with E-state index < -0.39 is 35.0 Å². The van der Waals surface area contributed by atoms with Crippen LogP contribution in [0.1, 0.15) is 98.8 Å². The molecule has 1 fully saturated rings. The maximum atomic E-state index is 13.3. The Bertz CT molecular complexity index is 825. The normalized spacial score (nSPS) is 17.0. The molecule has 1 aromatic rings. The third-order valence-electron chi connectivity index (χ3n) is 5.20. The SMILES string of the molecule is CC(C)C[C@H](C(=O)NC(=O)C1(NC(=O)OC(C)(C)C)CCCCC1)c1nnc(SC(C)C)o1. The number of imide groups is 1. The lowest BCUT2D eigenvalue weighted by Gasteiger charge is -2.37. The molecule has 10 heteroatoms. The van der Waals surface area contributed by atoms with Crippen molar-refractivity contribution < 1.29 is 23.5 Å². The smallest absolute Gasteiger partial charge is 0.408 e. The second-order valence-corrected chi connectivity index (χ2v) is 11.9. The van der Waals surface area contributed by atoms with Gasteiger partial charge in [0.15, 0.2) is 0 Å². The number of nitrogens with zero attached hydrogens (tertiary/aromatic N) is 2. The van der Waals surface area contributed by atoms with Gasteiger partial charge in [0.1, 0.15) is 17.1 Å². The number of hydrogen-bond acceptors (Lipinski definition) is 8. The maximum absolute atomic E-state index is 13.3. The summed E-state index contributed by atoms with van der Waals surface area (Å²) in [5, 5.41) is 14.0. The lowest BCUT2D eigenvalue weighted by molar-refractivity contribution is -0.136. The minimum atomic E-state index is -1.19. The monoisotopic (exact) mass is 482 g/mol. The summed E-state index contributed by atoms with van der Waals surface area (Å²) < 4.78 is 11.1. The van der Waals surface area contributed by atoms with E-state index in [1.807, 2.05) is 27.7 Å². The topological polar surface area (TPSA) is 123 Å². The van der Waals surface area contributed by atoms with E-state index in [0.717, 1.165) is 19.3 Å². The van der Waals surface area contributed by atoms with Crippen LogP contribution < -0.4 is 10.6 Å². The van der Waals surface area contributed by atoms with E-state index in [-0.39, 0.29) is 17.1 Å². The molecule has 0 bridgehead atoms. The van der Waals surface area contributed by atoms with E-state index in [2.05, 4.69) is 20.8 Å². The molecule has 33 heavy (non-hydrogen) atoms. The van der Waals surface area contributed by atoms with Crippen molar-refractivity contribution in [3.05, 3.63) is 5.89 Å². The van der Waals surface area contributed by atoms with Crippen molar-refractivity contribution in [3.63, 3.8) is 0 Å². The first-order valence-corrected chi connectivity index (χ1v) is 12.6. The van der Waals surface area contributed by atoms with Crippen molar-refractivity contribution in [1.29, 1.82) is 0 Å². The van der Waals surface area contributed by atoms with Crippen LogP contribution in [-0.2, 0) is 14.3 Å². The molecule has 1 atom stereocenters. The van der Waals surface area contributed by atoms with Gasteiger partial charge < -0.3 is 14.5 Å². The average molecular weight is 483 g/mol. The number of thioether (sulfide) groups is 1. The fourth-order valence-corrected chi connectivity index (χ4v) is 4.41. The first kappa shape index (κ1) is 27.1. The number of rotatable bonds is 8. The predicted molar refractivity (Wildman–Crippen MR) is 126 cm³/mol. The Labute approximate surface area is 200 Å². The molecule has 3 amide bonds. The van der Waals surface area contributed by atoms with Crippen LogP contribution in [0.3, 0.4) is 0 Å².